The van der Waals surface area contributed by atoms with Crippen LogP contribution < -0.4 is 4.74 Å². The summed E-state index contributed by atoms with van der Waals surface area (Å²) in [6, 6.07) is 5.45. The first-order valence-corrected chi connectivity index (χ1v) is 4.41. The molecule has 0 heterocycles. The molecule has 1 rings (SSSR count). The van der Waals surface area contributed by atoms with E-state index in [1.165, 1.54) is 0 Å². The van der Waals surface area contributed by atoms with Crippen LogP contribution in [0.4, 0.5) is 0 Å². The van der Waals surface area contributed by atoms with Crippen molar-refractivity contribution in [1.29, 1.82) is 0 Å². The molecule has 1 aromatic rings. The Morgan fingerprint density at radius 2 is 2.07 bits per heavy atom. The molecule has 0 saturated carbocycles. The van der Waals surface area contributed by atoms with Gasteiger partial charge < -0.3 is 9.84 Å². The van der Waals surface area contributed by atoms with Gasteiger partial charge >= 0.3 is 0 Å². The van der Waals surface area contributed by atoms with E-state index in [9.17, 15) is 4.79 Å². The molecule has 78 valence electrons. The lowest BCUT2D eigenvalue weighted by Gasteiger charge is -2.04. The second-order valence-corrected chi connectivity index (χ2v) is 2.57. The average Bonchev–Trinajstić information content (AvgIpc) is 2.22. The van der Waals surface area contributed by atoms with Gasteiger partial charge in [-0.2, -0.15) is 0 Å². The molecule has 1 N–H and O–H groups in total. The van der Waals surface area contributed by atoms with Gasteiger partial charge in [0.05, 0.1) is 6.61 Å². The van der Waals surface area contributed by atoms with Crippen molar-refractivity contribution in [1.82, 2.24) is 0 Å². The number of ether oxygens (including phenoxy) is 1. The summed E-state index contributed by atoms with van der Waals surface area (Å²) in [5.41, 5.74) is 1.68. The SMILES string of the molecule is CCOc1ccc(C=O)c(C)c1.CO. The number of aldehydes is 1. The van der Waals surface area contributed by atoms with Crippen molar-refractivity contribution in [2.75, 3.05) is 13.7 Å². The van der Waals surface area contributed by atoms with Crippen LogP contribution in [0, 0.1) is 6.92 Å². The highest BCUT2D eigenvalue weighted by Gasteiger charge is 1.98. The van der Waals surface area contributed by atoms with E-state index in [1.807, 2.05) is 19.9 Å². The standard InChI is InChI=1S/C10H12O2.CH4O/c1-3-12-10-5-4-9(7-11)8(2)6-10;1-2/h4-7H,3H2,1-2H3;2H,1H3. The van der Waals surface area contributed by atoms with Crippen LogP contribution in [0.3, 0.4) is 0 Å². The molecule has 0 bridgehead atoms. The fourth-order valence-corrected chi connectivity index (χ4v) is 1.04. The molecule has 0 saturated heterocycles. The fourth-order valence-electron chi connectivity index (χ4n) is 1.04. The van der Waals surface area contributed by atoms with E-state index in [0.29, 0.717) is 6.61 Å². The highest BCUT2D eigenvalue weighted by atomic mass is 16.5. The molecule has 0 radical (unpaired) electrons. The van der Waals surface area contributed by atoms with Gasteiger partial charge in [0.2, 0.25) is 0 Å². The number of carbonyl (C=O) groups is 1. The average molecular weight is 196 g/mol. The van der Waals surface area contributed by atoms with Crippen LogP contribution in [-0.2, 0) is 0 Å². The Morgan fingerprint density at radius 3 is 2.50 bits per heavy atom. The smallest absolute Gasteiger partial charge is 0.150 e. The predicted octanol–water partition coefficient (Wildman–Crippen LogP) is 1.81. The van der Waals surface area contributed by atoms with Gasteiger partial charge in [-0.1, -0.05) is 0 Å². The number of rotatable bonds is 3. The quantitative estimate of drug-likeness (QED) is 0.750. The van der Waals surface area contributed by atoms with Crippen molar-refractivity contribution in [3.05, 3.63) is 29.3 Å². The molecule has 0 atom stereocenters. The number of benzene rings is 1. The van der Waals surface area contributed by atoms with Crippen molar-refractivity contribution in [2.24, 2.45) is 0 Å². The molecular formula is C11H16O3. The van der Waals surface area contributed by atoms with E-state index >= 15 is 0 Å². The van der Waals surface area contributed by atoms with Gasteiger partial charge in [-0.25, -0.2) is 0 Å². The molecule has 3 nitrogen and oxygen atoms in total. The van der Waals surface area contributed by atoms with Crippen molar-refractivity contribution >= 4 is 6.29 Å². The van der Waals surface area contributed by atoms with Crippen molar-refractivity contribution < 1.29 is 14.6 Å². The summed E-state index contributed by atoms with van der Waals surface area (Å²) in [6.45, 7) is 4.48. The van der Waals surface area contributed by atoms with Gasteiger partial charge in [-0.05, 0) is 37.6 Å². The molecule has 0 aliphatic carbocycles. The van der Waals surface area contributed by atoms with Gasteiger partial charge in [0.1, 0.15) is 12.0 Å². The minimum absolute atomic E-state index is 0.653. The second kappa shape index (κ2) is 7.09. The first kappa shape index (κ1) is 12.7. The van der Waals surface area contributed by atoms with E-state index < -0.39 is 0 Å². The summed E-state index contributed by atoms with van der Waals surface area (Å²) in [4.78, 5) is 10.5. The minimum Gasteiger partial charge on any atom is -0.494 e. The second-order valence-electron chi connectivity index (χ2n) is 2.57. The van der Waals surface area contributed by atoms with Gasteiger partial charge in [-0.3, -0.25) is 4.79 Å². The number of hydrogen-bond donors (Lipinski definition) is 1. The fraction of sp³-hybridized carbons (Fsp3) is 0.364. The highest BCUT2D eigenvalue weighted by molar-refractivity contribution is 5.77. The summed E-state index contributed by atoms with van der Waals surface area (Å²) in [6.07, 6.45) is 0.852. The lowest BCUT2D eigenvalue weighted by atomic mass is 10.1. The van der Waals surface area contributed by atoms with Crippen molar-refractivity contribution in [2.45, 2.75) is 13.8 Å². The predicted molar refractivity (Wildman–Crippen MR) is 55.9 cm³/mol. The number of aliphatic hydroxyl groups excluding tert-OH is 1. The molecule has 0 aromatic heterocycles. The van der Waals surface area contributed by atoms with Crippen LogP contribution in [0.5, 0.6) is 5.75 Å². The molecule has 1 aromatic carbocycles. The lowest BCUT2D eigenvalue weighted by Crippen LogP contribution is -1.93. The zero-order valence-electron chi connectivity index (χ0n) is 8.78. The van der Waals surface area contributed by atoms with E-state index in [0.717, 1.165) is 30.3 Å². The Hall–Kier alpha value is -1.35. The molecular weight excluding hydrogens is 180 g/mol. The largest absolute Gasteiger partial charge is 0.494 e. The zero-order valence-corrected chi connectivity index (χ0v) is 8.78. The summed E-state index contributed by atoms with van der Waals surface area (Å²) < 4.78 is 5.27. The lowest BCUT2D eigenvalue weighted by molar-refractivity contribution is 0.112. The summed E-state index contributed by atoms with van der Waals surface area (Å²) in [5.74, 6) is 0.820. The maximum atomic E-state index is 10.5. The maximum Gasteiger partial charge on any atom is 0.150 e. The summed E-state index contributed by atoms with van der Waals surface area (Å²) in [5, 5.41) is 7.00. The van der Waals surface area contributed by atoms with E-state index in [2.05, 4.69) is 0 Å². The van der Waals surface area contributed by atoms with Crippen molar-refractivity contribution in [3.63, 3.8) is 0 Å². The number of aliphatic hydroxyl groups is 1. The number of hydrogen-bond acceptors (Lipinski definition) is 3. The summed E-state index contributed by atoms with van der Waals surface area (Å²) >= 11 is 0. The maximum absolute atomic E-state index is 10.5. The highest BCUT2D eigenvalue weighted by Crippen LogP contribution is 2.15. The topological polar surface area (TPSA) is 46.5 Å². The monoisotopic (exact) mass is 196 g/mol. The molecule has 14 heavy (non-hydrogen) atoms. The summed E-state index contributed by atoms with van der Waals surface area (Å²) in [7, 11) is 1.00. The third-order valence-corrected chi connectivity index (χ3v) is 1.68. The van der Waals surface area contributed by atoms with Gasteiger partial charge in [0.15, 0.2) is 0 Å². The Morgan fingerprint density at radius 1 is 1.43 bits per heavy atom. The molecule has 0 aliphatic heterocycles. The van der Waals surface area contributed by atoms with Crippen LogP contribution in [0.1, 0.15) is 22.8 Å². The molecule has 0 aliphatic rings. The van der Waals surface area contributed by atoms with E-state index in [4.69, 9.17) is 9.84 Å². The first-order valence-electron chi connectivity index (χ1n) is 4.41. The van der Waals surface area contributed by atoms with Crippen LogP contribution in [0.25, 0.3) is 0 Å². The Bertz CT molecular complexity index is 282. The number of aryl methyl sites for hydroxylation is 1. The Kier molecular flexibility index (Phi) is 6.41. The molecule has 0 unspecified atom stereocenters. The zero-order chi connectivity index (χ0) is 11.0. The van der Waals surface area contributed by atoms with Crippen molar-refractivity contribution in [3.8, 4) is 5.75 Å². The minimum atomic E-state index is 0.653. The van der Waals surface area contributed by atoms with Gasteiger partial charge in [-0.15, -0.1) is 0 Å². The number of carbonyl (C=O) groups excluding carboxylic acids is 1. The van der Waals surface area contributed by atoms with E-state index in [1.54, 1.807) is 12.1 Å². The van der Waals surface area contributed by atoms with Crippen LogP contribution in [-0.4, -0.2) is 25.1 Å². The normalized spacial score (nSPS) is 8.57. The van der Waals surface area contributed by atoms with Crippen LogP contribution >= 0.6 is 0 Å². The molecule has 0 amide bonds. The Balaban J connectivity index is 0.000000791. The molecule has 3 heteroatoms. The Labute approximate surface area is 84.3 Å². The molecule has 0 spiro atoms. The third kappa shape index (κ3) is 3.58. The van der Waals surface area contributed by atoms with Crippen LogP contribution in [0.2, 0.25) is 0 Å². The van der Waals surface area contributed by atoms with Gasteiger partial charge in [0, 0.05) is 12.7 Å². The molecule has 0 fully saturated rings. The van der Waals surface area contributed by atoms with Gasteiger partial charge in [0.25, 0.3) is 0 Å². The third-order valence-electron chi connectivity index (χ3n) is 1.68. The first-order chi connectivity index (χ1) is 6.77. The van der Waals surface area contributed by atoms with E-state index in [-0.39, 0.29) is 0 Å². The van der Waals surface area contributed by atoms with Crippen LogP contribution in [0.15, 0.2) is 18.2 Å².